The van der Waals surface area contributed by atoms with Gasteiger partial charge in [-0.3, -0.25) is 9.78 Å². The highest BCUT2D eigenvalue weighted by atomic mass is 32.2. The van der Waals surface area contributed by atoms with E-state index in [-0.39, 0.29) is 11.7 Å². The van der Waals surface area contributed by atoms with E-state index in [9.17, 15) is 4.79 Å². The SMILES string of the molecule is CCn1c(SCC(=O)NCCOc2ccccc2OC)nnc1-c1ccncc1. The molecule has 0 aliphatic heterocycles. The third-order valence-electron chi connectivity index (χ3n) is 4.05. The predicted molar refractivity (Wildman–Crippen MR) is 111 cm³/mol. The van der Waals surface area contributed by atoms with Crippen LogP contribution in [0, 0.1) is 0 Å². The van der Waals surface area contributed by atoms with Crippen LogP contribution in [0.1, 0.15) is 6.92 Å². The molecule has 0 aliphatic carbocycles. The van der Waals surface area contributed by atoms with Crippen molar-refractivity contribution in [1.82, 2.24) is 25.1 Å². The first-order chi connectivity index (χ1) is 14.2. The number of aromatic nitrogens is 4. The van der Waals surface area contributed by atoms with E-state index < -0.39 is 0 Å². The van der Waals surface area contributed by atoms with Crippen molar-refractivity contribution in [2.75, 3.05) is 26.0 Å². The normalized spacial score (nSPS) is 10.6. The van der Waals surface area contributed by atoms with Crippen LogP contribution in [0.4, 0.5) is 0 Å². The van der Waals surface area contributed by atoms with Crippen LogP contribution in [0.2, 0.25) is 0 Å². The van der Waals surface area contributed by atoms with Crippen LogP contribution >= 0.6 is 11.8 Å². The monoisotopic (exact) mass is 413 g/mol. The average Bonchev–Trinajstić information content (AvgIpc) is 3.19. The molecule has 0 spiro atoms. The van der Waals surface area contributed by atoms with E-state index in [2.05, 4.69) is 20.5 Å². The Morgan fingerprint density at radius 2 is 1.90 bits per heavy atom. The number of methoxy groups -OCH3 is 1. The van der Waals surface area contributed by atoms with Gasteiger partial charge in [-0.05, 0) is 31.2 Å². The van der Waals surface area contributed by atoms with Gasteiger partial charge in [0.05, 0.1) is 19.4 Å². The van der Waals surface area contributed by atoms with Crippen molar-refractivity contribution < 1.29 is 14.3 Å². The summed E-state index contributed by atoms with van der Waals surface area (Å²) in [4.78, 5) is 16.2. The van der Waals surface area contributed by atoms with Gasteiger partial charge in [-0.25, -0.2) is 0 Å². The fraction of sp³-hybridized carbons (Fsp3) is 0.300. The molecule has 152 valence electrons. The zero-order chi connectivity index (χ0) is 20.5. The van der Waals surface area contributed by atoms with Gasteiger partial charge in [0.15, 0.2) is 22.5 Å². The summed E-state index contributed by atoms with van der Waals surface area (Å²) in [7, 11) is 1.59. The highest BCUT2D eigenvalue weighted by molar-refractivity contribution is 7.99. The summed E-state index contributed by atoms with van der Waals surface area (Å²) < 4.78 is 12.9. The molecule has 9 heteroatoms. The van der Waals surface area contributed by atoms with Crippen molar-refractivity contribution in [3.8, 4) is 22.9 Å². The quantitative estimate of drug-likeness (QED) is 0.404. The molecule has 0 radical (unpaired) electrons. The summed E-state index contributed by atoms with van der Waals surface area (Å²) in [6.07, 6.45) is 3.44. The van der Waals surface area contributed by atoms with Crippen LogP contribution < -0.4 is 14.8 Å². The zero-order valence-electron chi connectivity index (χ0n) is 16.4. The van der Waals surface area contributed by atoms with Crippen LogP contribution in [-0.2, 0) is 11.3 Å². The summed E-state index contributed by atoms with van der Waals surface area (Å²) in [5.41, 5.74) is 0.944. The van der Waals surface area contributed by atoms with Crippen LogP contribution in [0.25, 0.3) is 11.4 Å². The highest BCUT2D eigenvalue weighted by Gasteiger charge is 2.14. The molecule has 8 nitrogen and oxygen atoms in total. The standard InChI is InChI=1S/C20H23N5O3S/c1-3-25-19(15-8-10-21-11-9-15)23-24-20(25)29-14-18(26)22-12-13-28-17-7-5-4-6-16(17)27-2/h4-11H,3,12-14H2,1-2H3,(H,22,26). The third-order valence-corrected chi connectivity index (χ3v) is 5.02. The van der Waals surface area contributed by atoms with Gasteiger partial charge in [0.25, 0.3) is 0 Å². The molecule has 1 N–H and O–H groups in total. The van der Waals surface area contributed by atoms with E-state index in [1.165, 1.54) is 11.8 Å². The number of hydrogen-bond donors (Lipinski definition) is 1. The van der Waals surface area contributed by atoms with Gasteiger partial charge in [-0.15, -0.1) is 10.2 Å². The van der Waals surface area contributed by atoms with Gasteiger partial charge in [-0.1, -0.05) is 23.9 Å². The van der Waals surface area contributed by atoms with E-state index >= 15 is 0 Å². The molecule has 0 unspecified atom stereocenters. The van der Waals surface area contributed by atoms with Crippen molar-refractivity contribution in [3.63, 3.8) is 0 Å². The second-order valence-corrected chi connectivity index (χ2v) is 6.87. The van der Waals surface area contributed by atoms with Crippen LogP contribution in [-0.4, -0.2) is 51.7 Å². The largest absolute Gasteiger partial charge is 0.493 e. The first kappa shape index (κ1) is 20.7. The number of para-hydroxylation sites is 2. The third kappa shape index (κ3) is 5.47. The molecule has 1 aromatic carbocycles. The van der Waals surface area contributed by atoms with Crippen LogP contribution in [0.15, 0.2) is 53.9 Å². The number of pyridine rings is 1. The molecule has 0 fully saturated rings. The minimum atomic E-state index is -0.0882. The van der Waals surface area contributed by atoms with E-state index in [1.807, 2.05) is 47.9 Å². The van der Waals surface area contributed by atoms with Gasteiger partial charge >= 0.3 is 0 Å². The smallest absolute Gasteiger partial charge is 0.230 e. The first-order valence-corrected chi connectivity index (χ1v) is 10.2. The molecule has 3 rings (SSSR count). The van der Waals surface area contributed by atoms with Crippen molar-refractivity contribution in [3.05, 3.63) is 48.8 Å². The van der Waals surface area contributed by atoms with Gasteiger partial charge in [-0.2, -0.15) is 0 Å². The van der Waals surface area contributed by atoms with Gasteiger partial charge < -0.3 is 19.4 Å². The van der Waals surface area contributed by atoms with Crippen LogP contribution in [0.3, 0.4) is 0 Å². The number of benzene rings is 1. The number of thioether (sulfide) groups is 1. The zero-order valence-corrected chi connectivity index (χ0v) is 17.2. The van der Waals surface area contributed by atoms with Crippen molar-refractivity contribution in [2.24, 2.45) is 0 Å². The molecular formula is C20H23N5O3S. The predicted octanol–water partition coefficient (Wildman–Crippen LogP) is 2.66. The Balaban J connectivity index is 1.47. The maximum absolute atomic E-state index is 12.1. The van der Waals surface area contributed by atoms with E-state index in [0.29, 0.717) is 36.4 Å². The van der Waals surface area contributed by atoms with Crippen LogP contribution in [0.5, 0.6) is 11.5 Å². The van der Waals surface area contributed by atoms with E-state index in [4.69, 9.17) is 9.47 Å². The Morgan fingerprint density at radius 3 is 2.62 bits per heavy atom. The Labute approximate surface area is 173 Å². The Hall–Kier alpha value is -3.07. The van der Waals surface area contributed by atoms with E-state index in [0.717, 1.165) is 11.4 Å². The minimum Gasteiger partial charge on any atom is -0.493 e. The Morgan fingerprint density at radius 1 is 1.14 bits per heavy atom. The summed E-state index contributed by atoms with van der Waals surface area (Å²) in [5, 5.41) is 12.0. The molecule has 0 bridgehead atoms. The molecule has 29 heavy (non-hydrogen) atoms. The van der Waals surface area contributed by atoms with E-state index in [1.54, 1.807) is 19.5 Å². The molecule has 0 saturated heterocycles. The summed E-state index contributed by atoms with van der Waals surface area (Å²) in [5.74, 6) is 2.25. The number of amides is 1. The second-order valence-electron chi connectivity index (χ2n) is 5.92. The minimum absolute atomic E-state index is 0.0882. The number of rotatable bonds is 10. The van der Waals surface area contributed by atoms with Gasteiger partial charge in [0.1, 0.15) is 6.61 Å². The van der Waals surface area contributed by atoms with Gasteiger partial charge in [0, 0.05) is 24.5 Å². The average molecular weight is 414 g/mol. The number of carbonyl (C=O) groups excluding carboxylic acids is 1. The second kappa shape index (κ2) is 10.5. The topological polar surface area (TPSA) is 91.2 Å². The Kier molecular flexibility index (Phi) is 7.46. The first-order valence-electron chi connectivity index (χ1n) is 9.21. The number of hydrogen-bond acceptors (Lipinski definition) is 7. The molecular weight excluding hydrogens is 390 g/mol. The molecule has 3 aromatic rings. The van der Waals surface area contributed by atoms with Crippen molar-refractivity contribution in [2.45, 2.75) is 18.6 Å². The fourth-order valence-electron chi connectivity index (χ4n) is 2.67. The summed E-state index contributed by atoms with van der Waals surface area (Å²) in [6.45, 7) is 3.49. The lowest BCUT2D eigenvalue weighted by Gasteiger charge is -2.11. The van der Waals surface area contributed by atoms with Gasteiger partial charge in [0.2, 0.25) is 5.91 Å². The molecule has 2 heterocycles. The molecule has 2 aromatic heterocycles. The molecule has 0 atom stereocenters. The number of nitrogens with one attached hydrogen (secondary N) is 1. The summed E-state index contributed by atoms with van der Waals surface area (Å²) >= 11 is 1.36. The highest BCUT2D eigenvalue weighted by Crippen LogP contribution is 2.25. The maximum Gasteiger partial charge on any atom is 0.230 e. The molecule has 1 amide bonds. The fourth-order valence-corrected chi connectivity index (χ4v) is 3.50. The van der Waals surface area contributed by atoms with Crippen molar-refractivity contribution in [1.29, 1.82) is 0 Å². The molecule has 0 aliphatic rings. The lowest BCUT2D eigenvalue weighted by molar-refractivity contribution is -0.118. The Bertz CT molecular complexity index is 933. The molecule has 0 saturated carbocycles. The van der Waals surface area contributed by atoms with Crippen molar-refractivity contribution >= 4 is 17.7 Å². The summed E-state index contributed by atoms with van der Waals surface area (Å²) in [6, 6.07) is 11.2. The lowest BCUT2D eigenvalue weighted by atomic mass is 10.2. The maximum atomic E-state index is 12.1. The number of carbonyl (C=O) groups is 1. The number of nitrogens with zero attached hydrogens (tertiary/aromatic N) is 4. The lowest BCUT2D eigenvalue weighted by Crippen LogP contribution is -2.29. The number of ether oxygens (including phenoxy) is 2.